The van der Waals surface area contributed by atoms with Crippen LogP contribution >= 0.6 is 34.8 Å². The normalized spacial score (nSPS) is 16.1. The number of hydrogen-bond donors (Lipinski definition) is 1. The van der Waals surface area contributed by atoms with Gasteiger partial charge in [0.1, 0.15) is 22.1 Å². The number of hydrazine groups is 1. The molecule has 2 amide bonds. The first kappa shape index (κ1) is 39.0. The smallest absolute Gasteiger partial charge is 0.311 e. The number of rotatable bonds is 8. The number of benzene rings is 4. The summed E-state index contributed by atoms with van der Waals surface area (Å²) < 4.78 is 11.4. The fourth-order valence-electron chi connectivity index (χ4n) is 5.30. The molecule has 4 aromatic carbocycles. The van der Waals surface area contributed by atoms with Crippen LogP contribution in [0.15, 0.2) is 120 Å². The van der Waals surface area contributed by atoms with E-state index in [1.165, 1.54) is 5.01 Å². The second-order valence-electron chi connectivity index (χ2n) is 13.3. The van der Waals surface area contributed by atoms with E-state index in [4.69, 9.17) is 44.3 Å². The molecule has 0 saturated heterocycles. The Hall–Kier alpha value is -4.81. The molecule has 0 aliphatic heterocycles. The first-order chi connectivity index (χ1) is 24.1. The molecule has 1 aliphatic rings. The maximum Gasteiger partial charge on any atom is 0.311 e. The molecule has 0 radical (unpaired) electrons. The van der Waals surface area contributed by atoms with Crippen molar-refractivity contribution in [3.8, 4) is 17.6 Å². The second kappa shape index (κ2) is 16.9. The number of nitrogens with one attached hydrogen (secondary N) is 1. The van der Waals surface area contributed by atoms with Crippen molar-refractivity contribution in [2.75, 3.05) is 0 Å². The van der Waals surface area contributed by atoms with Crippen molar-refractivity contribution in [2.24, 2.45) is 17.3 Å². The van der Waals surface area contributed by atoms with Gasteiger partial charge < -0.3 is 9.47 Å². The van der Waals surface area contributed by atoms with Gasteiger partial charge in [-0.3, -0.25) is 19.8 Å². The molecule has 0 aromatic heterocycles. The Morgan fingerprint density at radius 1 is 0.863 bits per heavy atom. The third kappa shape index (κ3) is 10.6. The number of para-hydroxylation sites is 1. The maximum atomic E-state index is 12.7. The number of carbonyl (C=O) groups is 3. The predicted molar refractivity (Wildman–Crippen MR) is 199 cm³/mol. The molecule has 4 aromatic rings. The lowest BCUT2D eigenvalue weighted by atomic mass is 10.1. The van der Waals surface area contributed by atoms with Gasteiger partial charge in [0.05, 0.1) is 11.5 Å². The highest BCUT2D eigenvalue weighted by atomic mass is 35.5. The minimum absolute atomic E-state index is 0.114. The van der Waals surface area contributed by atoms with Crippen LogP contribution in [0, 0.1) is 28.6 Å². The molecule has 5 rings (SSSR count). The largest absolute Gasteiger partial charge is 0.457 e. The number of nitrogens with zero attached hydrogens (tertiary/aromatic N) is 2. The van der Waals surface area contributed by atoms with Crippen LogP contribution < -0.4 is 10.2 Å². The zero-order valence-corrected chi connectivity index (χ0v) is 31.0. The van der Waals surface area contributed by atoms with Crippen molar-refractivity contribution in [3.63, 3.8) is 0 Å². The van der Waals surface area contributed by atoms with Gasteiger partial charge in [-0.2, -0.15) is 5.26 Å². The molecule has 264 valence electrons. The summed E-state index contributed by atoms with van der Waals surface area (Å²) in [4.78, 5) is 37.7. The van der Waals surface area contributed by atoms with Gasteiger partial charge in [-0.25, -0.2) is 5.01 Å². The SMILES string of the molecule is CC(C)(C)N(NC(=O)c1ccc(Cl)cc1)C(=O)c1ccccc1.CC1(C)C(C=C(Cl)Cl)C1C(=O)OC(C#N)c1cccc(Oc2ccccc2)c1. The van der Waals surface area contributed by atoms with Crippen LogP contribution in [-0.2, 0) is 9.53 Å². The summed E-state index contributed by atoms with van der Waals surface area (Å²) in [6.07, 6.45) is 0.615. The number of carbonyl (C=O) groups excluding carboxylic acids is 3. The topological polar surface area (TPSA) is 109 Å². The summed E-state index contributed by atoms with van der Waals surface area (Å²) in [5.74, 6) is -0.335. The van der Waals surface area contributed by atoms with Gasteiger partial charge in [-0.15, -0.1) is 0 Å². The Morgan fingerprint density at radius 2 is 1.45 bits per heavy atom. The summed E-state index contributed by atoms with van der Waals surface area (Å²) >= 11 is 17.3. The molecule has 3 atom stereocenters. The highest BCUT2D eigenvalue weighted by molar-refractivity contribution is 6.55. The predicted octanol–water partition coefficient (Wildman–Crippen LogP) is 10.1. The summed E-state index contributed by atoms with van der Waals surface area (Å²) in [5.41, 5.74) is 3.30. The lowest BCUT2D eigenvalue weighted by Crippen LogP contribution is -2.55. The summed E-state index contributed by atoms with van der Waals surface area (Å²) in [5, 5.41) is 11.4. The van der Waals surface area contributed by atoms with Crippen molar-refractivity contribution < 1.29 is 23.9 Å². The van der Waals surface area contributed by atoms with Crippen LogP contribution in [0.3, 0.4) is 0 Å². The van der Waals surface area contributed by atoms with Crippen LogP contribution in [0.1, 0.15) is 67.0 Å². The van der Waals surface area contributed by atoms with Crippen LogP contribution in [0.2, 0.25) is 5.02 Å². The highest BCUT2D eigenvalue weighted by Gasteiger charge is 2.62. The van der Waals surface area contributed by atoms with Gasteiger partial charge in [0, 0.05) is 21.7 Å². The number of hydrogen-bond acceptors (Lipinski definition) is 6. The van der Waals surface area contributed by atoms with E-state index in [9.17, 15) is 19.6 Å². The van der Waals surface area contributed by atoms with E-state index in [1.807, 2.05) is 77.1 Å². The molecule has 1 fully saturated rings. The molecular weight excluding hydrogens is 709 g/mol. The van der Waals surface area contributed by atoms with E-state index >= 15 is 0 Å². The number of amides is 2. The highest BCUT2D eigenvalue weighted by Crippen LogP contribution is 2.60. The van der Waals surface area contributed by atoms with Crippen LogP contribution in [0.4, 0.5) is 0 Å². The molecule has 51 heavy (non-hydrogen) atoms. The van der Waals surface area contributed by atoms with Crippen molar-refractivity contribution in [1.29, 1.82) is 5.26 Å². The zero-order valence-electron chi connectivity index (χ0n) is 28.8. The number of esters is 1. The van der Waals surface area contributed by atoms with E-state index in [0.29, 0.717) is 33.2 Å². The first-order valence-electron chi connectivity index (χ1n) is 16.0. The van der Waals surface area contributed by atoms with Crippen molar-refractivity contribution >= 4 is 52.6 Å². The third-order valence-corrected chi connectivity index (χ3v) is 8.68. The Bertz CT molecular complexity index is 1900. The summed E-state index contributed by atoms with van der Waals surface area (Å²) in [6, 6.07) is 33.6. The van der Waals surface area contributed by atoms with E-state index in [0.717, 1.165) is 0 Å². The fourth-order valence-corrected chi connectivity index (χ4v) is 5.70. The minimum Gasteiger partial charge on any atom is -0.457 e. The Balaban J connectivity index is 0.000000233. The Morgan fingerprint density at radius 3 is 2.02 bits per heavy atom. The molecule has 1 N–H and O–H groups in total. The number of allylic oxidation sites excluding steroid dienone is 1. The number of halogens is 3. The van der Waals surface area contributed by atoms with E-state index in [2.05, 4.69) is 5.43 Å². The van der Waals surface area contributed by atoms with Gasteiger partial charge in [-0.1, -0.05) is 97.2 Å². The second-order valence-corrected chi connectivity index (χ2v) is 14.8. The number of ether oxygens (including phenoxy) is 2. The van der Waals surface area contributed by atoms with Gasteiger partial charge in [-0.05, 0) is 98.8 Å². The Labute approximate surface area is 313 Å². The molecule has 3 unspecified atom stereocenters. The van der Waals surface area contributed by atoms with Gasteiger partial charge >= 0.3 is 5.97 Å². The average Bonchev–Trinajstić information content (AvgIpc) is 3.64. The summed E-state index contributed by atoms with van der Waals surface area (Å²) in [6.45, 7) is 9.45. The lowest BCUT2D eigenvalue weighted by Gasteiger charge is -2.35. The fraction of sp³-hybridized carbons (Fsp3) is 0.250. The van der Waals surface area contributed by atoms with Gasteiger partial charge in [0.15, 0.2) is 0 Å². The maximum absolute atomic E-state index is 12.7. The molecule has 0 heterocycles. The quantitative estimate of drug-likeness (QED) is 0.142. The molecule has 1 aliphatic carbocycles. The molecule has 0 spiro atoms. The summed E-state index contributed by atoms with van der Waals surface area (Å²) in [7, 11) is 0. The molecule has 1 saturated carbocycles. The van der Waals surface area contributed by atoms with E-state index in [1.54, 1.807) is 78.9 Å². The van der Waals surface area contributed by atoms with E-state index in [-0.39, 0.29) is 33.6 Å². The minimum atomic E-state index is -1.03. The lowest BCUT2D eigenvalue weighted by molar-refractivity contribution is -0.149. The van der Waals surface area contributed by atoms with Crippen molar-refractivity contribution in [1.82, 2.24) is 10.4 Å². The van der Waals surface area contributed by atoms with Gasteiger partial charge in [0.2, 0.25) is 6.10 Å². The molecule has 11 heteroatoms. The molecule has 8 nitrogen and oxygen atoms in total. The van der Waals surface area contributed by atoms with Crippen LogP contribution in [-0.4, -0.2) is 28.3 Å². The number of nitriles is 1. The van der Waals surface area contributed by atoms with Crippen molar-refractivity contribution in [3.05, 3.63) is 141 Å². The van der Waals surface area contributed by atoms with Crippen LogP contribution in [0.25, 0.3) is 0 Å². The Kier molecular flexibility index (Phi) is 12.9. The molecular formula is C40H38Cl3N3O5. The first-order valence-corrected chi connectivity index (χ1v) is 17.2. The van der Waals surface area contributed by atoms with Gasteiger partial charge in [0.25, 0.3) is 11.8 Å². The molecule has 0 bridgehead atoms. The average molecular weight is 747 g/mol. The van der Waals surface area contributed by atoms with E-state index < -0.39 is 17.6 Å². The third-order valence-electron chi connectivity index (χ3n) is 8.18. The van der Waals surface area contributed by atoms with Crippen LogP contribution in [0.5, 0.6) is 11.5 Å². The van der Waals surface area contributed by atoms with Crippen molar-refractivity contribution in [2.45, 2.75) is 46.3 Å². The zero-order chi connectivity index (χ0) is 37.3. The standard InChI is InChI=1S/C22H19Cl2NO3.C18H19ClN2O2/c1-22(2)17(12-19(23)24)20(22)21(26)28-18(13-25)14-7-6-10-16(11-14)27-15-8-4-3-5-9-15;1-18(2,3)21(17(23)14-7-5-4-6-8-14)20-16(22)13-9-11-15(19)12-10-13/h3-12,17-18,20H,1-2H3;4-12H,1-3H3,(H,20,22). The monoisotopic (exact) mass is 745 g/mol.